The molecule has 0 atom stereocenters. The number of methoxy groups -OCH3 is 1. The Morgan fingerprint density at radius 1 is 1.04 bits per heavy atom. The van der Waals surface area contributed by atoms with Gasteiger partial charge >= 0.3 is 0 Å². The zero-order chi connectivity index (χ0) is 16.1. The molecular weight excluding hydrogens is 308 g/mol. The van der Waals surface area contributed by atoms with Gasteiger partial charge in [0, 0.05) is 11.3 Å². The van der Waals surface area contributed by atoms with Gasteiger partial charge in [-0.3, -0.25) is 0 Å². The summed E-state index contributed by atoms with van der Waals surface area (Å²) in [6, 6.07) is 16.0. The molecule has 0 bridgehead atoms. The van der Waals surface area contributed by atoms with Crippen molar-refractivity contribution >= 4 is 11.8 Å². The first kappa shape index (κ1) is 15.6. The van der Waals surface area contributed by atoms with E-state index in [9.17, 15) is 0 Å². The van der Waals surface area contributed by atoms with Gasteiger partial charge in [0.15, 0.2) is 5.82 Å². The summed E-state index contributed by atoms with van der Waals surface area (Å²) >= 11 is 1.78. The van der Waals surface area contributed by atoms with Crippen LogP contribution < -0.4 is 4.74 Å². The predicted molar refractivity (Wildman–Crippen MR) is 92.5 cm³/mol. The Kier molecular flexibility index (Phi) is 4.98. The van der Waals surface area contributed by atoms with E-state index in [4.69, 9.17) is 9.26 Å². The quantitative estimate of drug-likeness (QED) is 0.668. The number of hydrogen-bond acceptors (Lipinski definition) is 5. The second-order valence-electron chi connectivity index (χ2n) is 5.16. The van der Waals surface area contributed by atoms with Crippen molar-refractivity contribution in [2.45, 2.75) is 18.4 Å². The summed E-state index contributed by atoms with van der Waals surface area (Å²) in [4.78, 5) is 4.45. The first-order valence-electron chi connectivity index (χ1n) is 7.35. The first-order chi connectivity index (χ1) is 11.3. The molecule has 0 radical (unpaired) electrons. The van der Waals surface area contributed by atoms with Gasteiger partial charge in [-0.2, -0.15) is 4.98 Å². The van der Waals surface area contributed by atoms with Crippen LogP contribution in [-0.4, -0.2) is 17.3 Å². The number of hydrogen-bond donors (Lipinski definition) is 0. The molecule has 0 saturated heterocycles. The van der Waals surface area contributed by atoms with Crippen LogP contribution in [0.2, 0.25) is 0 Å². The summed E-state index contributed by atoms with van der Waals surface area (Å²) in [5.41, 5.74) is 3.55. The second kappa shape index (κ2) is 7.33. The van der Waals surface area contributed by atoms with E-state index < -0.39 is 0 Å². The molecule has 0 aliphatic rings. The lowest BCUT2D eigenvalue weighted by Crippen LogP contribution is -1.88. The summed E-state index contributed by atoms with van der Waals surface area (Å²) in [5, 5.41) is 4.05. The highest BCUT2D eigenvalue weighted by atomic mass is 32.2. The summed E-state index contributed by atoms with van der Waals surface area (Å²) in [7, 11) is 1.64. The van der Waals surface area contributed by atoms with Crippen molar-refractivity contribution in [2.24, 2.45) is 0 Å². The van der Waals surface area contributed by atoms with E-state index >= 15 is 0 Å². The molecule has 23 heavy (non-hydrogen) atoms. The summed E-state index contributed by atoms with van der Waals surface area (Å²) in [5.74, 6) is 3.74. The van der Waals surface area contributed by atoms with E-state index in [1.54, 1.807) is 18.9 Å². The average Bonchev–Trinajstić information content (AvgIpc) is 3.06. The minimum Gasteiger partial charge on any atom is -0.497 e. The minimum atomic E-state index is 0.541. The van der Waals surface area contributed by atoms with Crippen molar-refractivity contribution in [2.75, 3.05) is 7.11 Å². The van der Waals surface area contributed by atoms with Crippen molar-refractivity contribution in [1.82, 2.24) is 10.1 Å². The van der Waals surface area contributed by atoms with Gasteiger partial charge in [-0.05, 0) is 42.3 Å². The molecule has 1 heterocycles. The highest BCUT2D eigenvalue weighted by Gasteiger charge is 2.09. The molecule has 5 heteroatoms. The van der Waals surface area contributed by atoms with Gasteiger partial charge in [0.1, 0.15) is 5.75 Å². The molecule has 0 fully saturated rings. The summed E-state index contributed by atoms with van der Waals surface area (Å²) in [6.45, 7) is 2.13. The lowest BCUT2D eigenvalue weighted by atomic mass is 10.1. The fraction of sp³-hybridized carbons (Fsp3) is 0.222. The monoisotopic (exact) mass is 326 g/mol. The lowest BCUT2D eigenvalue weighted by Gasteiger charge is -2.03. The summed E-state index contributed by atoms with van der Waals surface area (Å²) in [6.07, 6.45) is 0. The van der Waals surface area contributed by atoms with Crippen molar-refractivity contribution in [3.63, 3.8) is 0 Å². The van der Waals surface area contributed by atoms with Crippen molar-refractivity contribution in [3.05, 3.63) is 65.5 Å². The maximum atomic E-state index is 5.34. The van der Waals surface area contributed by atoms with Crippen LogP contribution in [-0.2, 0) is 11.5 Å². The van der Waals surface area contributed by atoms with Crippen LogP contribution in [0.25, 0.3) is 11.5 Å². The Bertz CT molecular complexity index is 769. The molecule has 0 aliphatic carbocycles. The van der Waals surface area contributed by atoms with Gasteiger partial charge < -0.3 is 9.26 Å². The molecule has 2 aromatic carbocycles. The number of rotatable bonds is 6. The van der Waals surface area contributed by atoms with Crippen molar-refractivity contribution in [3.8, 4) is 17.2 Å². The Morgan fingerprint density at radius 3 is 2.57 bits per heavy atom. The lowest BCUT2D eigenvalue weighted by molar-refractivity contribution is 0.414. The van der Waals surface area contributed by atoms with Crippen LogP contribution in [0.1, 0.15) is 17.0 Å². The molecule has 0 amide bonds. The average molecular weight is 326 g/mol. The Hall–Kier alpha value is -2.27. The first-order valence-corrected chi connectivity index (χ1v) is 8.51. The van der Waals surface area contributed by atoms with Gasteiger partial charge in [0.25, 0.3) is 5.89 Å². The van der Waals surface area contributed by atoms with E-state index in [-0.39, 0.29) is 0 Å². The zero-order valence-electron chi connectivity index (χ0n) is 13.2. The molecule has 0 spiro atoms. The largest absolute Gasteiger partial charge is 0.497 e. The number of thioether (sulfide) groups is 1. The topological polar surface area (TPSA) is 48.2 Å². The van der Waals surface area contributed by atoms with Crippen molar-refractivity contribution in [1.29, 1.82) is 0 Å². The molecule has 0 saturated carbocycles. The van der Waals surface area contributed by atoms with E-state index in [1.807, 2.05) is 24.3 Å². The molecule has 1 aromatic heterocycles. The van der Waals surface area contributed by atoms with Crippen LogP contribution in [0.5, 0.6) is 5.75 Å². The van der Waals surface area contributed by atoms with Crippen molar-refractivity contribution < 1.29 is 9.26 Å². The van der Waals surface area contributed by atoms with E-state index in [1.165, 1.54) is 11.1 Å². The Morgan fingerprint density at radius 2 is 1.83 bits per heavy atom. The smallest absolute Gasteiger partial charge is 0.257 e. The SMILES string of the molecule is COc1ccc(-c2nc(CSCc3ccccc3C)no2)cc1. The molecule has 0 N–H and O–H groups in total. The molecular formula is C18H18N2O2S. The molecule has 0 aliphatic heterocycles. The Balaban J connectivity index is 1.60. The molecule has 3 aromatic rings. The maximum absolute atomic E-state index is 5.34. The number of aryl methyl sites for hydroxylation is 1. The fourth-order valence-corrected chi connectivity index (χ4v) is 3.13. The van der Waals surface area contributed by atoms with Gasteiger partial charge in [0.05, 0.1) is 12.9 Å². The fourth-order valence-electron chi connectivity index (χ4n) is 2.19. The van der Waals surface area contributed by atoms with Crippen LogP contribution in [0.4, 0.5) is 0 Å². The molecule has 3 rings (SSSR count). The highest BCUT2D eigenvalue weighted by molar-refractivity contribution is 7.97. The third-order valence-corrected chi connectivity index (χ3v) is 4.53. The minimum absolute atomic E-state index is 0.541. The second-order valence-corrected chi connectivity index (χ2v) is 6.15. The molecule has 118 valence electrons. The predicted octanol–water partition coefficient (Wildman–Crippen LogP) is 4.49. The van der Waals surface area contributed by atoms with Gasteiger partial charge in [-0.25, -0.2) is 0 Å². The molecule has 4 nitrogen and oxygen atoms in total. The zero-order valence-corrected chi connectivity index (χ0v) is 14.0. The number of aromatic nitrogens is 2. The molecule has 0 unspecified atom stereocenters. The number of ether oxygens (including phenoxy) is 1. The van der Waals surface area contributed by atoms with Crippen LogP contribution in [0, 0.1) is 6.92 Å². The third kappa shape index (κ3) is 3.93. The number of nitrogens with zero attached hydrogens (tertiary/aromatic N) is 2. The van der Waals surface area contributed by atoms with Gasteiger partial charge in [-0.15, -0.1) is 11.8 Å². The van der Waals surface area contributed by atoms with Crippen LogP contribution >= 0.6 is 11.8 Å². The number of benzene rings is 2. The van der Waals surface area contributed by atoms with E-state index in [0.29, 0.717) is 5.89 Å². The van der Waals surface area contributed by atoms with E-state index in [0.717, 1.165) is 28.6 Å². The third-order valence-electron chi connectivity index (χ3n) is 3.56. The van der Waals surface area contributed by atoms with E-state index in [2.05, 4.69) is 41.3 Å². The Labute approximate surface area is 139 Å². The summed E-state index contributed by atoms with van der Waals surface area (Å²) < 4.78 is 10.5. The normalized spacial score (nSPS) is 10.7. The van der Waals surface area contributed by atoms with Gasteiger partial charge in [0.2, 0.25) is 0 Å². The van der Waals surface area contributed by atoms with Crippen LogP contribution in [0.3, 0.4) is 0 Å². The maximum Gasteiger partial charge on any atom is 0.257 e. The highest BCUT2D eigenvalue weighted by Crippen LogP contribution is 2.23. The van der Waals surface area contributed by atoms with Gasteiger partial charge in [-0.1, -0.05) is 29.4 Å². The van der Waals surface area contributed by atoms with Crippen LogP contribution in [0.15, 0.2) is 53.1 Å². The standard InChI is InChI=1S/C18H18N2O2S/c1-13-5-3-4-6-15(13)11-23-12-17-19-18(22-20-17)14-7-9-16(21-2)10-8-14/h3-10H,11-12H2,1-2H3.